The lowest BCUT2D eigenvalue weighted by Gasteiger charge is -2.06. The highest BCUT2D eigenvalue weighted by Gasteiger charge is 2.14. The Morgan fingerprint density at radius 2 is 2.00 bits per heavy atom. The highest BCUT2D eigenvalue weighted by molar-refractivity contribution is 7.89. The number of nitrogens with one attached hydrogen (secondary N) is 2. The van der Waals surface area contributed by atoms with Gasteiger partial charge in [-0.25, -0.2) is 23.1 Å². The van der Waals surface area contributed by atoms with Crippen LogP contribution in [0.5, 0.6) is 0 Å². The van der Waals surface area contributed by atoms with Crippen LogP contribution in [-0.2, 0) is 14.8 Å². The molecule has 7 nitrogen and oxygen atoms in total. The molecule has 0 bridgehead atoms. The van der Waals surface area contributed by atoms with E-state index in [0.717, 1.165) is 0 Å². The molecule has 0 amide bonds. The van der Waals surface area contributed by atoms with Crippen molar-refractivity contribution < 1.29 is 13.2 Å². The van der Waals surface area contributed by atoms with Gasteiger partial charge < -0.3 is 10.1 Å². The summed E-state index contributed by atoms with van der Waals surface area (Å²) in [5.74, 6) is 0.373. The average Bonchev–Trinajstić information content (AvgIpc) is 2.35. The molecule has 0 spiro atoms. The van der Waals surface area contributed by atoms with Crippen LogP contribution in [-0.4, -0.2) is 45.2 Å². The molecule has 0 radical (unpaired) electrons. The molecule has 0 aliphatic heterocycles. The second-order valence-corrected chi connectivity index (χ2v) is 4.85. The molecule has 0 aliphatic rings. The van der Waals surface area contributed by atoms with E-state index < -0.39 is 10.0 Å². The molecule has 0 unspecified atom stereocenters. The topological polar surface area (TPSA) is 93.2 Å². The van der Waals surface area contributed by atoms with Crippen molar-refractivity contribution in [2.75, 3.05) is 32.1 Å². The summed E-state index contributed by atoms with van der Waals surface area (Å²) in [4.78, 5) is 7.71. The first-order valence-electron chi connectivity index (χ1n) is 5.17. The van der Waals surface area contributed by atoms with Crippen LogP contribution in [0.4, 0.5) is 5.95 Å². The van der Waals surface area contributed by atoms with Crippen LogP contribution >= 0.6 is 0 Å². The normalized spacial score (nSPS) is 11.4. The first-order valence-corrected chi connectivity index (χ1v) is 6.65. The summed E-state index contributed by atoms with van der Waals surface area (Å²) < 4.78 is 30.9. The molecule has 1 aromatic rings. The van der Waals surface area contributed by atoms with Gasteiger partial charge in [-0.05, 0) is 6.92 Å². The zero-order chi connectivity index (χ0) is 12.7. The highest BCUT2D eigenvalue weighted by atomic mass is 32.2. The fourth-order valence-electron chi connectivity index (χ4n) is 1.06. The van der Waals surface area contributed by atoms with E-state index in [9.17, 15) is 8.42 Å². The van der Waals surface area contributed by atoms with Gasteiger partial charge in [0.25, 0.3) is 0 Å². The summed E-state index contributed by atoms with van der Waals surface area (Å²) >= 11 is 0. The first-order chi connectivity index (χ1) is 8.10. The lowest BCUT2D eigenvalue weighted by atomic mass is 10.7. The second-order valence-electron chi connectivity index (χ2n) is 3.09. The van der Waals surface area contributed by atoms with E-state index >= 15 is 0 Å². The Morgan fingerprint density at radius 1 is 1.35 bits per heavy atom. The Hall–Kier alpha value is -1.25. The highest BCUT2D eigenvalue weighted by Crippen LogP contribution is 2.06. The minimum atomic E-state index is -3.55. The molecule has 0 saturated carbocycles. The Balaban J connectivity index is 2.62. The predicted molar refractivity (Wildman–Crippen MR) is 63.3 cm³/mol. The van der Waals surface area contributed by atoms with Crippen LogP contribution in [0.15, 0.2) is 17.3 Å². The lowest BCUT2D eigenvalue weighted by Crippen LogP contribution is -2.27. The standard InChI is InChI=1S/C9H16N4O3S/c1-3-16-5-4-13-17(14,15)8-6-11-9(10-2)12-7-8/h6-7,13H,3-5H2,1-2H3,(H,10,11,12). The molecular weight excluding hydrogens is 244 g/mol. The van der Waals surface area contributed by atoms with Crippen LogP contribution in [0.25, 0.3) is 0 Å². The summed E-state index contributed by atoms with van der Waals surface area (Å²) in [5.41, 5.74) is 0. The van der Waals surface area contributed by atoms with Crippen molar-refractivity contribution in [1.29, 1.82) is 0 Å². The van der Waals surface area contributed by atoms with Gasteiger partial charge in [-0.2, -0.15) is 0 Å². The maximum atomic E-state index is 11.7. The predicted octanol–water partition coefficient (Wildman–Crippen LogP) is -0.167. The number of hydrogen-bond acceptors (Lipinski definition) is 6. The average molecular weight is 260 g/mol. The van der Waals surface area contributed by atoms with E-state index in [2.05, 4.69) is 20.0 Å². The van der Waals surface area contributed by atoms with Gasteiger partial charge in [0.2, 0.25) is 16.0 Å². The third kappa shape index (κ3) is 4.25. The van der Waals surface area contributed by atoms with Crippen molar-refractivity contribution in [2.45, 2.75) is 11.8 Å². The monoisotopic (exact) mass is 260 g/mol. The van der Waals surface area contributed by atoms with Gasteiger partial charge in [0.1, 0.15) is 4.90 Å². The molecular formula is C9H16N4O3S. The smallest absolute Gasteiger partial charge is 0.243 e. The van der Waals surface area contributed by atoms with E-state index in [1.807, 2.05) is 6.92 Å². The molecule has 1 heterocycles. The zero-order valence-corrected chi connectivity index (χ0v) is 10.6. The molecule has 0 aliphatic carbocycles. The van der Waals surface area contributed by atoms with Crippen molar-refractivity contribution in [2.24, 2.45) is 0 Å². The molecule has 2 N–H and O–H groups in total. The summed E-state index contributed by atoms with van der Waals surface area (Å²) in [5, 5.41) is 2.71. The Labute approximate surface area is 101 Å². The van der Waals surface area contributed by atoms with Crippen molar-refractivity contribution in [3.8, 4) is 0 Å². The molecule has 1 aromatic heterocycles. The summed E-state index contributed by atoms with van der Waals surface area (Å²) in [7, 11) is -1.89. The lowest BCUT2D eigenvalue weighted by molar-refractivity contribution is 0.153. The van der Waals surface area contributed by atoms with Gasteiger partial charge in [-0.3, -0.25) is 0 Å². The number of rotatable bonds is 7. The Morgan fingerprint density at radius 3 is 2.53 bits per heavy atom. The number of nitrogens with zero attached hydrogens (tertiary/aromatic N) is 2. The number of ether oxygens (including phenoxy) is 1. The first kappa shape index (κ1) is 13.8. The number of aromatic nitrogens is 2. The van der Waals surface area contributed by atoms with E-state index in [4.69, 9.17) is 4.74 Å². The fourth-order valence-corrected chi connectivity index (χ4v) is 1.96. The van der Waals surface area contributed by atoms with Gasteiger partial charge in [0.15, 0.2) is 0 Å². The third-order valence-corrected chi connectivity index (χ3v) is 3.32. The van der Waals surface area contributed by atoms with Crippen molar-refractivity contribution in [3.05, 3.63) is 12.4 Å². The van der Waals surface area contributed by atoms with Gasteiger partial charge in [0.05, 0.1) is 19.0 Å². The van der Waals surface area contributed by atoms with Crippen LogP contribution in [0.3, 0.4) is 0 Å². The van der Waals surface area contributed by atoms with Crippen LogP contribution in [0.2, 0.25) is 0 Å². The van der Waals surface area contributed by atoms with Crippen molar-refractivity contribution in [1.82, 2.24) is 14.7 Å². The van der Waals surface area contributed by atoms with E-state index in [-0.39, 0.29) is 11.4 Å². The van der Waals surface area contributed by atoms with E-state index in [0.29, 0.717) is 19.2 Å². The maximum Gasteiger partial charge on any atom is 0.243 e. The van der Waals surface area contributed by atoms with Gasteiger partial charge in [-0.1, -0.05) is 0 Å². The second kappa shape index (κ2) is 6.48. The van der Waals surface area contributed by atoms with Gasteiger partial charge in [0, 0.05) is 20.2 Å². The molecule has 0 atom stereocenters. The largest absolute Gasteiger partial charge is 0.380 e. The summed E-state index contributed by atoms with van der Waals surface area (Å²) in [6.07, 6.45) is 2.50. The number of sulfonamides is 1. The minimum Gasteiger partial charge on any atom is -0.380 e. The zero-order valence-electron chi connectivity index (χ0n) is 9.80. The van der Waals surface area contributed by atoms with Gasteiger partial charge >= 0.3 is 0 Å². The molecule has 96 valence electrons. The summed E-state index contributed by atoms with van der Waals surface area (Å²) in [6, 6.07) is 0. The molecule has 1 rings (SSSR count). The van der Waals surface area contributed by atoms with Crippen LogP contribution in [0.1, 0.15) is 6.92 Å². The van der Waals surface area contributed by atoms with E-state index in [1.54, 1.807) is 7.05 Å². The minimum absolute atomic E-state index is 0.0352. The number of hydrogen-bond donors (Lipinski definition) is 2. The van der Waals surface area contributed by atoms with Crippen molar-refractivity contribution in [3.63, 3.8) is 0 Å². The Kier molecular flexibility index (Phi) is 5.26. The van der Waals surface area contributed by atoms with E-state index in [1.165, 1.54) is 12.4 Å². The molecule has 0 saturated heterocycles. The third-order valence-electron chi connectivity index (χ3n) is 1.90. The fraction of sp³-hybridized carbons (Fsp3) is 0.556. The molecule has 0 fully saturated rings. The SMILES string of the molecule is CCOCCNS(=O)(=O)c1cnc(NC)nc1. The summed E-state index contributed by atoms with van der Waals surface area (Å²) in [6.45, 7) is 2.97. The van der Waals surface area contributed by atoms with Crippen molar-refractivity contribution >= 4 is 16.0 Å². The number of anilines is 1. The maximum absolute atomic E-state index is 11.7. The van der Waals surface area contributed by atoms with Crippen LogP contribution in [0, 0.1) is 0 Å². The molecule has 17 heavy (non-hydrogen) atoms. The van der Waals surface area contributed by atoms with Gasteiger partial charge in [-0.15, -0.1) is 0 Å². The quantitative estimate of drug-likeness (QED) is 0.661. The Bertz CT molecular complexity index is 432. The molecule has 0 aromatic carbocycles. The molecule has 8 heteroatoms. The van der Waals surface area contributed by atoms with Crippen LogP contribution < -0.4 is 10.0 Å².